The normalized spacial score (nSPS) is 21.0. The maximum atomic E-state index is 12.5. The van der Waals surface area contributed by atoms with Crippen molar-refractivity contribution in [3.05, 3.63) is 24.3 Å². The smallest absolute Gasteiger partial charge is 0.240 e. The van der Waals surface area contributed by atoms with Crippen molar-refractivity contribution in [1.82, 2.24) is 10.0 Å². The van der Waals surface area contributed by atoms with Gasteiger partial charge in [-0.2, -0.15) is 0 Å². The van der Waals surface area contributed by atoms with Gasteiger partial charge < -0.3 is 5.32 Å². The summed E-state index contributed by atoms with van der Waals surface area (Å²) in [5, 5.41) is 3.25. The Morgan fingerprint density at radius 3 is 2.38 bits per heavy atom. The molecular formula is C16H28ClN3O4S2. The predicted molar refractivity (Wildman–Crippen MR) is 107 cm³/mol. The highest BCUT2D eigenvalue weighted by molar-refractivity contribution is 7.92. The molecule has 2 unspecified atom stereocenters. The van der Waals surface area contributed by atoms with Gasteiger partial charge in [-0.1, -0.05) is 13.3 Å². The molecule has 2 atom stereocenters. The lowest BCUT2D eigenvalue weighted by Gasteiger charge is -2.30. The first-order valence-corrected chi connectivity index (χ1v) is 11.7. The molecule has 1 heterocycles. The molecule has 0 bridgehead atoms. The Balaban J connectivity index is 0.00000338. The van der Waals surface area contributed by atoms with Gasteiger partial charge in [0.1, 0.15) is 0 Å². The molecule has 1 aliphatic heterocycles. The van der Waals surface area contributed by atoms with Crippen LogP contribution in [0.1, 0.15) is 39.5 Å². The molecule has 150 valence electrons. The minimum absolute atomic E-state index is 0. The second-order valence-electron chi connectivity index (χ2n) is 6.41. The summed E-state index contributed by atoms with van der Waals surface area (Å²) in [5.74, 6) is 0.0532. The van der Waals surface area contributed by atoms with Gasteiger partial charge in [0.25, 0.3) is 0 Å². The first-order valence-electron chi connectivity index (χ1n) is 8.60. The fourth-order valence-corrected chi connectivity index (χ4v) is 5.36. The Morgan fingerprint density at radius 1 is 1.15 bits per heavy atom. The second kappa shape index (κ2) is 9.89. The summed E-state index contributed by atoms with van der Waals surface area (Å²) in [5.41, 5.74) is 0.364. The molecule has 1 aromatic rings. The molecule has 10 heteroatoms. The van der Waals surface area contributed by atoms with Gasteiger partial charge in [-0.25, -0.2) is 21.6 Å². The van der Waals surface area contributed by atoms with E-state index in [-0.39, 0.29) is 35.1 Å². The molecule has 2 rings (SSSR count). The number of nitrogens with one attached hydrogen (secondary N) is 3. The van der Waals surface area contributed by atoms with E-state index in [9.17, 15) is 16.8 Å². The van der Waals surface area contributed by atoms with Crippen molar-refractivity contribution >= 4 is 38.1 Å². The Bertz CT molecular complexity index is 767. The topological polar surface area (TPSA) is 104 Å². The van der Waals surface area contributed by atoms with Crippen LogP contribution in [-0.4, -0.2) is 41.2 Å². The second-order valence-corrected chi connectivity index (χ2v) is 9.97. The molecule has 0 radical (unpaired) electrons. The first-order chi connectivity index (χ1) is 11.7. The molecule has 0 spiro atoms. The van der Waals surface area contributed by atoms with Gasteiger partial charge in [-0.15, -0.1) is 12.4 Å². The summed E-state index contributed by atoms with van der Waals surface area (Å²) in [6.07, 6.45) is 3.09. The molecule has 1 aliphatic rings. The van der Waals surface area contributed by atoms with Crippen molar-refractivity contribution < 1.29 is 16.8 Å². The van der Waals surface area contributed by atoms with Gasteiger partial charge in [0.05, 0.1) is 10.6 Å². The highest BCUT2D eigenvalue weighted by atomic mass is 35.5. The predicted octanol–water partition coefficient (Wildman–Crippen LogP) is 2.07. The average molecular weight is 426 g/mol. The lowest BCUT2D eigenvalue weighted by Crippen LogP contribution is -2.51. The van der Waals surface area contributed by atoms with Gasteiger partial charge in [-0.3, -0.25) is 4.72 Å². The lowest BCUT2D eigenvalue weighted by atomic mass is 10.0. The van der Waals surface area contributed by atoms with Gasteiger partial charge >= 0.3 is 0 Å². The maximum Gasteiger partial charge on any atom is 0.240 e. The number of hydrogen-bond donors (Lipinski definition) is 3. The largest absolute Gasteiger partial charge is 0.313 e. The first kappa shape index (κ1) is 23.2. The number of anilines is 1. The third-order valence-electron chi connectivity index (χ3n) is 4.27. The summed E-state index contributed by atoms with van der Waals surface area (Å²) in [6.45, 7) is 4.78. The monoisotopic (exact) mass is 425 g/mol. The Hall–Kier alpha value is -0.870. The Labute approximate surface area is 162 Å². The van der Waals surface area contributed by atoms with E-state index in [4.69, 9.17) is 0 Å². The summed E-state index contributed by atoms with van der Waals surface area (Å²) in [6, 6.07) is 5.71. The zero-order valence-electron chi connectivity index (χ0n) is 15.1. The molecule has 7 nitrogen and oxygen atoms in total. The molecule has 1 saturated heterocycles. The van der Waals surface area contributed by atoms with Gasteiger partial charge in [0, 0.05) is 17.8 Å². The summed E-state index contributed by atoms with van der Waals surface area (Å²) < 4.78 is 54.0. The fraction of sp³-hybridized carbons (Fsp3) is 0.625. The van der Waals surface area contributed by atoms with Crippen molar-refractivity contribution in [1.29, 1.82) is 0 Å². The number of sulfonamides is 2. The van der Waals surface area contributed by atoms with Crippen LogP contribution in [0.15, 0.2) is 29.2 Å². The molecule has 0 aromatic heterocycles. The van der Waals surface area contributed by atoms with Crippen LogP contribution in [0.3, 0.4) is 0 Å². The SMILES string of the molecule is CCCCS(=O)(=O)Nc1ccc(S(=O)(=O)NC2CCCNC2C)cc1.Cl. The standard InChI is InChI=1S/C16H27N3O4S2.ClH/c1-3-4-12-24(20,21)18-14-7-9-15(10-8-14)25(22,23)19-16-6-5-11-17-13(16)2;/h7-10,13,16-19H,3-6,11-12H2,1-2H3;1H. The highest BCUT2D eigenvalue weighted by Crippen LogP contribution is 2.18. The van der Waals surface area contributed by atoms with Gasteiger partial charge in [0.15, 0.2) is 0 Å². The van der Waals surface area contributed by atoms with Crippen LogP contribution in [0.2, 0.25) is 0 Å². The number of rotatable bonds is 8. The van der Waals surface area contributed by atoms with Crippen molar-refractivity contribution in [2.75, 3.05) is 17.0 Å². The summed E-state index contributed by atoms with van der Waals surface area (Å²) >= 11 is 0. The number of hydrogen-bond acceptors (Lipinski definition) is 5. The molecule has 0 saturated carbocycles. The number of benzene rings is 1. The van der Waals surface area contributed by atoms with E-state index in [0.29, 0.717) is 12.1 Å². The average Bonchev–Trinajstić information content (AvgIpc) is 2.55. The molecule has 0 amide bonds. The van der Waals surface area contributed by atoms with Crippen molar-refractivity contribution in [2.45, 2.75) is 56.5 Å². The van der Waals surface area contributed by atoms with E-state index in [1.807, 2.05) is 13.8 Å². The molecule has 0 aliphatic carbocycles. The number of piperidine rings is 1. The molecule has 26 heavy (non-hydrogen) atoms. The van der Waals surface area contributed by atoms with Gasteiger partial charge in [-0.05, 0) is 57.0 Å². The fourth-order valence-electron chi connectivity index (χ4n) is 2.74. The number of unbranched alkanes of at least 4 members (excludes halogenated alkanes) is 1. The van der Waals surface area contributed by atoms with Crippen molar-refractivity contribution in [3.8, 4) is 0 Å². The maximum absolute atomic E-state index is 12.5. The highest BCUT2D eigenvalue weighted by Gasteiger charge is 2.26. The third kappa shape index (κ3) is 6.70. The molecular weight excluding hydrogens is 398 g/mol. The van der Waals surface area contributed by atoms with E-state index in [0.717, 1.165) is 25.8 Å². The summed E-state index contributed by atoms with van der Waals surface area (Å²) in [7, 11) is -7.03. The van der Waals surface area contributed by atoms with Crippen LogP contribution < -0.4 is 14.8 Å². The minimum Gasteiger partial charge on any atom is -0.313 e. The molecule has 3 N–H and O–H groups in total. The minimum atomic E-state index is -3.63. The van der Waals surface area contributed by atoms with Crippen molar-refractivity contribution in [3.63, 3.8) is 0 Å². The van der Waals surface area contributed by atoms with Crippen LogP contribution in [0.5, 0.6) is 0 Å². The van der Waals surface area contributed by atoms with Crippen LogP contribution in [0.4, 0.5) is 5.69 Å². The van der Waals surface area contributed by atoms with E-state index in [1.165, 1.54) is 24.3 Å². The van der Waals surface area contributed by atoms with Crippen LogP contribution in [-0.2, 0) is 20.0 Å². The van der Waals surface area contributed by atoms with E-state index in [1.54, 1.807) is 0 Å². The molecule has 1 aromatic carbocycles. The van der Waals surface area contributed by atoms with Crippen LogP contribution in [0.25, 0.3) is 0 Å². The lowest BCUT2D eigenvalue weighted by molar-refractivity contribution is 0.349. The summed E-state index contributed by atoms with van der Waals surface area (Å²) in [4.78, 5) is 0.127. The number of halogens is 1. The Kier molecular flexibility index (Phi) is 8.81. The zero-order chi connectivity index (χ0) is 18.5. The van der Waals surface area contributed by atoms with E-state index in [2.05, 4.69) is 14.8 Å². The van der Waals surface area contributed by atoms with E-state index < -0.39 is 20.0 Å². The van der Waals surface area contributed by atoms with E-state index >= 15 is 0 Å². The molecule has 1 fully saturated rings. The third-order valence-corrected chi connectivity index (χ3v) is 7.15. The van der Waals surface area contributed by atoms with Crippen LogP contribution in [0, 0.1) is 0 Å². The van der Waals surface area contributed by atoms with Crippen LogP contribution >= 0.6 is 12.4 Å². The quantitative estimate of drug-likeness (QED) is 0.591. The van der Waals surface area contributed by atoms with Crippen molar-refractivity contribution in [2.24, 2.45) is 0 Å². The zero-order valence-corrected chi connectivity index (χ0v) is 17.5. The Morgan fingerprint density at radius 2 is 1.81 bits per heavy atom. The van der Waals surface area contributed by atoms with Gasteiger partial charge in [0.2, 0.25) is 20.0 Å².